The van der Waals surface area contributed by atoms with Gasteiger partial charge in [0.25, 0.3) is 5.91 Å². The summed E-state index contributed by atoms with van der Waals surface area (Å²) >= 11 is 1.49. The number of amides is 1. The zero-order valence-electron chi connectivity index (χ0n) is 9.88. The highest BCUT2D eigenvalue weighted by atomic mass is 32.1. The third-order valence-electron chi connectivity index (χ3n) is 2.55. The normalized spacial score (nSPS) is 10.2. The van der Waals surface area contributed by atoms with Gasteiger partial charge in [0, 0.05) is 26.0 Å². The van der Waals surface area contributed by atoms with Crippen LogP contribution in [0.15, 0.2) is 36.0 Å². The van der Waals surface area contributed by atoms with Crippen molar-refractivity contribution in [2.45, 2.75) is 13.5 Å². The van der Waals surface area contributed by atoms with Crippen LogP contribution in [-0.2, 0) is 6.54 Å². The van der Waals surface area contributed by atoms with Gasteiger partial charge in [-0.25, -0.2) is 0 Å². The quantitative estimate of drug-likeness (QED) is 0.834. The van der Waals surface area contributed by atoms with E-state index in [9.17, 15) is 4.79 Å². The van der Waals surface area contributed by atoms with Crippen molar-refractivity contribution < 1.29 is 4.79 Å². The molecule has 0 bridgehead atoms. The molecule has 3 nitrogen and oxygen atoms in total. The van der Waals surface area contributed by atoms with Crippen molar-refractivity contribution in [1.29, 1.82) is 0 Å². The summed E-state index contributed by atoms with van der Waals surface area (Å²) in [6.07, 6.45) is 3.51. The number of hydrogen-bond acceptors (Lipinski definition) is 3. The van der Waals surface area contributed by atoms with Crippen molar-refractivity contribution in [1.82, 2.24) is 9.88 Å². The third kappa shape index (κ3) is 2.71. The summed E-state index contributed by atoms with van der Waals surface area (Å²) < 4.78 is 0. The van der Waals surface area contributed by atoms with E-state index >= 15 is 0 Å². The highest BCUT2D eigenvalue weighted by Crippen LogP contribution is 2.18. The molecule has 0 unspecified atom stereocenters. The van der Waals surface area contributed by atoms with Crippen LogP contribution >= 0.6 is 11.3 Å². The summed E-state index contributed by atoms with van der Waals surface area (Å²) in [5, 5.41) is 1.94. The van der Waals surface area contributed by atoms with E-state index in [2.05, 4.69) is 4.98 Å². The number of hydrogen-bond donors (Lipinski definition) is 0. The van der Waals surface area contributed by atoms with Crippen LogP contribution in [0.4, 0.5) is 0 Å². The molecule has 0 N–H and O–H groups in total. The largest absolute Gasteiger partial charge is 0.337 e. The van der Waals surface area contributed by atoms with Gasteiger partial charge >= 0.3 is 0 Å². The second-order valence-corrected chi connectivity index (χ2v) is 4.87. The van der Waals surface area contributed by atoms with E-state index in [1.165, 1.54) is 11.3 Å². The van der Waals surface area contributed by atoms with Gasteiger partial charge in [-0.1, -0.05) is 6.07 Å². The molecule has 1 amide bonds. The molecule has 2 aromatic heterocycles. The molecule has 0 atom stereocenters. The van der Waals surface area contributed by atoms with Gasteiger partial charge in [0.15, 0.2) is 0 Å². The Hall–Kier alpha value is -1.68. The molecule has 0 saturated carbocycles. The maximum Gasteiger partial charge on any atom is 0.264 e. The van der Waals surface area contributed by atoms with Crippen molar-refractivity contribution in [3.05, 3.63) is 52.0 Å². The predicted octanol–water partition coefficient (Wildman–Crippen LogP) is 2.72. The Balaban J connectivity index is 2.09. The molecule has 88 valence electrons. The number of carbonyl (C=O) groups is 1. The molecule has 2 heterocycles. The van der Waals surface area contributed by atoms with Crippen LogP contribution in [0, 0.1) is 6.92 Å². The summed E-state index contributed by atoms with van der Waals surface area (Å²) in [6.45, 7) is 2.55. The molecule has 2 rings (SSSR count). The van der Waals surface area contributed by atoms with Crippen LogP contribution in [-0.4, -0.2) is 22.8 Å². The molecule has 17 heavy (non-hydrogen) atoms. The lowest BCUT2D eigenvalue weighted by molar-refractivity contribution is 0.0789. The Morgan fingerprint density at radius 3 is 2.88 bits per heavy atom. The molecule has 0 aliphatic carbocycles. The molecule has 0 aliphatic heterocycles. The van der Waals surface area contributed by atoms with Gasteiger partial charge in [-0.15, -0.1) is 11.3 Å². The first kappa shape index (κ1) is 11.8. The van der Waals surface area contributed by atoms with E-state index in [1.807, 2.05) is 37.6 Å². The lowest BCUT2D eigenvalue weighted by Gasteiger charge is -2.16. The molecule has 0 aliphatic rings. The van der Waals surface area contributed by atoms with Gasteiger partial charge in [-0.3, -0.25) is 9.78 Å². The molecule has 0 aromatic carbocycles. The second kappa shape index (κ2) is 5.10. The van der Waals surface area contributed by atoms with Crippen LogP contribution < -0.4 is 0 Å². The first-order valence-corrected chi connectivity index (χ1v) is 6.25. The number of pyridine rings is 1. The third-order valence-corrected chi connectivity index (χ3v) is 3.55. The smallest absolute Gasteiger partial charge is 0.264 e. The molecular weight excluding hydrogens is 232 g/mol. The Labute approximate surface area is 105 Å². The van der Waals surface area contributed by atoms with Gasteiger partial charge in [0.2, 0.25) is 0 Å². The first-order chi connectivity index (χ1) is 8.18. The predicted molar refractivity (Wildman–Crippen MR) is 69.1 cm³/mol. The van der Waals surface area contributed by atoms with Gasteiger partial charge in [0.05, 0.1) is 4.88 Å². The second-order valence-electron chi connectivity index (χ2n) is 3.96. The number of rotatable bonds is 3. The summed E-state index contributed by atoms with van der Waals surface area (Å²) in [6, 6.07) is 5.82. The number of thiophene rings is 1. The average Bonchev–Trinajstić information content (AvgIpc) is 2.76. The molecular formula is C13H14N2OS. The number of aryl methyl sites for hydroxylation is 1. The molecule has 0 radical (unpaired) electrons. The van der Waals surface area contributed by atoms with Crippen LogP contribution in [0.5, 0.6) is 0 Å². The van der Waals surface area contributed by atoms with E-state index < -0.39 is 0 Å². The van der Waals surface area contributed by atoms with Crippen molar-refractivity contribution in [3.8, 4) is 0 Å². The van der Waals surface area contributed by atoms with Crippen LogP contribution in [0.1, 0.15) is 20.8 Å². The molecule has 0 fully saturated rings. The fraction of sp³-hybridized carbons (Fsp3) is 0.231. The lowest BCUT2D eigenvalue weighted by atomic mass is 10.2. The van der Waals surface area contributed by atoms with Crippen molar-refractivity contribution in [2.24, 2.45) is 0 Å². The minimum atomic E-state index is 0.0707. The number of aromatic nitrogens is 1. The van der Waals surface area contributed by atoms with Crippen LogP contribution in [0.2, 0.25) is 0 Å². The summed E-state index contributed by atoms with van der Waals surface area (Å²) in [5.74, 6) is 0.0707. The van der Waals surface area contributed by atoms with Crippen LogP contribution in [0.25, 0.3) is 0 Å². The summed E-state index contributed by atoms with van der Waals surface area (Å²) in [7, 11) is 1.81. The number of nitrogens with zero attached hydrogens (tertiary/aromatic N) is 2. The van der Waals surface area contributed by atoms with Gasteiger partial charge in [-0.2, -0.15) is 0 Å². The van der Waals surface area contributed by atoms with Crippen molar-refractivity contribution >= 4 is 17.2 Å². The molecule has 2 aromatic rings. The topological polar surface area (TPSA) is 33.2 Å². The maximum absolute atomic E-state index is 12.1. The maximum atomic E-state index is 12.1. The zero-order valence-corrected chi connectivity index (χ0v) is 10.7. The highest BCUT2D eigenvalue weighted by molar-refractivity contribution is 7.12. The SMILES string of the molecule is Cc1ccsc1C(=O)N(C)Cc1cccnc1. The molecule has 0 spiro atoms. The Bertz CT molecular complexity index is 507. The minimum absolute atomic E-state index is 0.0707. The van der Waals surface area contributed by atoms with Gasteiger partial charge < -0.3 is 4.90 Å². The molecule has 4 heteroatoms. The number of carbonyl (C=O) groups excluding carboxylic acids is 1. The van der Waals surface area contributed by atoms with Gasteiger partial charge in [0.1, 0.15) is 0 Å². The van der Waals surface area contributed by atoms with Gasteiger partial charge in [-0.05, 0) is 35.6 Å². The fourth-order valence-electron chi connectivity index (χ4n) is 1.60. The Morgan fingerprint density at radius 1 is 1.47 bits per heavy atom. The minimum Gasteiger partial charge on any atom is -0.337 e. The first-order valence-electron chi connectivity index (χ1n) is 5.37. The summed E-state index contributed by atoms with van der Waals surface area (Å²) in [4.78, 5) is 18.7. The zero-order chi connectivity index (χ0) is 12.3. The van der Waals surface area contributed by atoms with E-state index in [0.29, 0.717) is 6.54 Å². The van der Waals surface area contributed by atoms with E-state index in [0.717, 1.165) is 16.0 Å². The molecule has 0 saturated heterocycles. The fourth-order valence-corrected chi connectivity index (χ4v) is 2.52. The average molecular weight is 246 g/mol. The Morgan fingerprint density at radius 2 is 2.29 bits per heavy atom. The standard InChI is InChI=1S/C13H14N2OS/c1-10-5-7-17-12(10)13(16)15(2)9-11-4-3-6-14-8-11/h3-8H,9H2,1-2H3. The van der Waals surface area contributed by atoms with Crippen molar-refractivity contribution in [2.75, 3.05) is 7.05 Å². The Kier molecular flexibility index (Phi) is 3.54. The van der Waals surface area contributed by atoms with Crippen LogP contribution in [0.3, 0.4) is 0 Å². The summed E-state index contributed by atoms with van der Waals surface area (Å²) in [5.41, 5.74) is 2.08. The van der Waals surface area contributed by atoms with E-state index in [-0.39, 0.29) is 5.91 Å². The van der Waals surface area contributed by atoms with Crippen molar-refractivity contribution in [3.63, 3.8) is 0 Å². The monoisotopic (exact) mass is 246 g/mol. The lowest BCUT2D eigenvalue weighted by Crippen LogP contribution is -2.25. The van der Waals surface area contributed by atoms with E-state index in [4.69, 9.17) is 0 Å². The van der Waals surface area contributed by atoms with E-state index in [1.54, 1.807) is 17.3 Å². The highest BCUT2D eigenvalue weighted by Gasteiger charge is 2.15.